The van der Waals surface area contributed by atoms with E-state index >= 15 is 0 Å². The fourth-order valence-corrected chi connectivity index (χ4v) is 3.97. The fraction of sp³-hybridized carbons (Fsp3) is 0.0833. The van der Waals surface area contributed by atoms with Gasteiger partial charge in [-0.1, -0.05) is 24.3 Å². The molecular formula is C24H20N2O5S. The Kier molecular flexibility index (Phi) is 6.07. The minimum absolute atomic E-state index is 0.134. The lowest BCUT2D eigenvalue weighted by Gasteiger charge is -2.08. The summed E-state index contributed by atoms with van der Waals surface area (Å²) in [7, 11) is 1.41. The lowest BCUT2D eigenvalue weighted by atomic mass is 10.1. The van der Waals surface area contributed by atoms with E-state index in [0.29, 0.717) is 28.1 Å². The van der Waals surface area contributed by atoms with Gasteiger partial charge in [-0.2, -0.15) is 0 Å². The Balaban J connectivity index is 1.61. The lowest BCUT2D eigenvalue weighted by Crippen LogP contribution is -2.14. The molecule has 0 fully saturated rings. The van der Waals surface area contributed by atoms with Gasteiger partial charge >= 0.3 is 5.69 Å². The molecule has 0 radical (unpaired) electrons. The van der Waals surface area contributed by atoms with Crippen LogP contribution in [0.2, 0.25) is 0 Å². The molecule has 0 saturated carbocycles. The molecule has 7 nitrogen and oxygen atoms in total. The molecule has 0 aliphatic carbocycles. The topological polar surface area (TPSA) is 105 Å². The van der Waals surface area contributed by atoms with E-state index in [1.807, 2.05) is 17.5 Å². The maximum Gasteiger partial charge on any atom is 0.330 e. The number of aromatic hydroxyl groups is 1. The Morgan fingerprint density at radius 2 is 2.06 bits per heavy atom. The number of aliphatic hydroxyl groups is 1. The third-order valence-electron chi connectivity index (χ3n) is 4.91. The van der Waals surface area contributed by atoms with Gasteiger partial charge in [-0.3, -0.25) is 9.36 Å². The molecule has 2 aromatic heterocycles. The first-order valence-corrected chi connectivity index (χ1v) is 10.6. The van der Waals surface area contributed by atoms with E-state index in [0.717, 1.165) is 4.88 Å². The second-order valence-corrected chi connectivity index (χ2v) is 7.90. The van der Waals surface area contributed by atoms with E-state index in [-0.39, 0.29) is 29.6 Å². The van der Waals surface area contributed by atoms with Crippen LogP contribution in [0.5, 0.6) is 11.5 Å². The number of H-pyrrole nitrogens is 1. The van der Waals surface area contributed by atoms with Gasteiger partial charge in [0, 0.05) is 17.3 Å². The summed E-state index contributed by atoms with van der Waals surface area (Å²) >= 11 is 1.52. The van der Waals surface area contributed by atoms with Gasteiger partial charge in [-0.15, -0.1) is 11.3 Å². The van der Waals surface area contributed by atoms with E-state index in [9.17, 15) is 19.8 Å². The number of thiophene rings is 1. The van der Waals surface area contributed by atoms with Gasteiger partial charge < -0.3 is 19.9 Å². The third kappa shape index (κ3) is 4.27. The number of carbonyl (C=O) groups is 1. The minimum atomic E-state index is -0.362. The lowest BCUT2D eigenvalue weighted by molar-refractivity contribution is 0.104. The van der Waals surface area contributed by atoms with Crippen molar-refractivity contribution >= 4 is 23.2 Å². The van der Waals surface area contributed by atoms with Crippen molar-refractivity contribution in [3.8, 4) is 27.8 Å². The molecule has 0 saturated heterocycles. The second kappa shape index (κ2) is 9.09. The normalized spacial score (nSPS) is 11.2. The number of nitrogens with one attached hydrogen (secondary N) is 1. The van der Waals surface area contributed by atoms with Crippen LogP contribution in [0.15, 0.2) is 71.0 Å². The standard InChI is InChI=1S/C24H20N2O5S/c1-31-21-11-15(10-17(14-27)23(21)29)7-8-20(28)16-4-2-5-18(12-16)26-13-19(25-24(26)30)22-6-3-9-32-22/h2-13,27,29H,14H2,1H3,(H,25,30)/b8-7+. The average molecular weight is 449 g/mol. The van der Waals surface area contributed by atoms with Crippen molar-refractivity contribution < 1.29 is 19.7 Å². The zero-order chi connectivity index (χ0) is 22.7. The molecule has 8 heteroatoms. The summed E-state index contributed by atoms with van der Waals surface area (Å²) in [4.78, 5) is 29.0. The second-order valence-electron chi connectivity index (χ2n) is 6.96. The third-order valence-corrected chi connectivity index (χ3v) is 5.81. The van der Waals surface area contributed by atoms with E-state index in [2.05, 4.69) is 4.98 Å². The van der Waals surface area contributed by atoms with E-state index < -0.39 is 0 Å². The Morgan fingerprint density at radius 1 is 1.22 bits per heavy atom. The number of ether oxygens (including phenoxy) is 1. The summed E-state index contributed by atoms with van der Waals surface area (Å²) in [5.74, 6) is -0.185. The number of aromatic amines is 1. The van der Waals surface area contributed by atoms with Crippen LogP contribution in [0.1, 0.15) is 21.5 Å². The van der Waals surface area contributed by atoms with Crippen molar-refractivity contribution in [2.75, 3.05) is 7.11 Å². The summed E-state index contributed by atoms with van der Waals surface area (Å²) in [5, 5.41) is 21.3. The molecule has 0 unspecified atom stereocenters. The number of methoxy groups -OCH3 is 1. The van der Waals surface area contributed by atoms with Gasteiger partial charge in [0.15, 0.2) is 17.3 Å². The van der Waals surface area contributed by atoms with Crippen molar-refractivity contribution in [1.82, 2.24) is 9.55 Å². The van der Waals surface area contributed by atoms with Crippen LogP contribution in [-0.4, -0.2) is 32.7 Å². The number of phenols is 1. The summed E-state index contributed by atoms with van der Waals surface area (Å²) < 4.78 is 6.58. The molecule has 2 heterocycles. The molecule has 4 rings (SSSR count). The number of hydrogen-bond acceptors (Lipinski definition) is 6. The zero-order valence-corrected chi connectivity index (χ0v) is 17.9. The first-order valence-electron chi connectivity index (χ1n) is 9.69. The van der Waals surface area contributed by atoms with E-state index in [1.54, 1.807) is 48.7 Å². The maximum absolute atomic E-state index is 12.7. The van der Waals surface area contributed by atoms with Gasteiger partial charge in [0.2, 0.25) is 0 Å². The molecule has 0 aliphatic heterocycles. The highest BCUT2D eigenvalue weighted by Gasteiger charge is 2.11. The Hall–Kier alpha value is -3.88. The van der Waals surface area contributed by atoms with Crippen molar-refractivity contribution in [2.24, 2.45) is 0 Å². The number of aromatic nitrogens is 2. The molecule has 32 heavy (non-hydrogen) atoms. The molecule has 3 N–H and O–H groups in total. The SMILES string of the molecule is COc1cc(/C=C/C(=O)c2cccc(-n3cc(-c4cccs4)[nH]c3=O)c2)cc(CO)c1O. The van der Waals surface area contributed by atoms with Crippen LogP contribution in [0.25, 0.3) is 22.3 Å². The van der Waals surface area contributed by atoms with Crippen LogP contribution < -0.4 is 10.4 Å². The Morgan fingerprint density at radius 3 is 2.78 bits per heavy atom. The molecular weight excluding hydrogens is 428 g/mol. The van der Waals surface area contributed by atoms with Crippen molar-refractivity contribution in [2.45, 2.75) is 6.61 Å². The van der Waals surface area contributed by atoms with Gasteiger partial charge in [-0.25, -0.2) is 4.79 Å². The summed E-state index contributed by atoms with van der Waals surface area (Å²) in [6, 6.07) is 13.8. The van der Waals surface area contributed by atoms with Crippen molar-refractivity contribution in [3.05, 3.63) is 93.4 Å². The molecule has 0 spiro atoms. The number of imidazole rings is 1. The Labute approximate surface area is 187 Å². The first kappa shape index (κ1) is 21.4. The van der Waals surface area contributed by atoms with Gasteiger partial charge in [-0.05, 0) is 47.4 Å². The number of ketones is 1. The van der Waals surface area contributed by atoms with Crippen LogP contribution in [0.3, 0.4) is 0 Å². The molecule has 162 valence electrons. The number of carbonyl (C=O) groups excluding carboxylic acids is 1. The fourth-order valence-electron chi connectivity index (χ4n) is 3.28. The van der Waals surface area contributed by atoms with E-state index in [4.69, 9.17) is 4.74 Å². The minimum Gasteiger partial charge on any atom is -0.504 e. The summed E-state index contributed by atoms with van der Waals surface area (Å²) in [6.45, 7) is -0.362. The molecule has 0 atom stereocenters. The van der Waals surface area contributed by atoms with Gasteiger partial charge in [0.1, 0.15) is 0 Å². The molecule has 0 amide bonds. The largest absolute Gasteiger partial charge is 0.504 e. The van der Waals surface area contributed by atoms with Gasteiger partial charge in [0.25, 0.3) is 0 Å². The predicted molar refractivity (Wildman–Crippen MR) is 124 cm³/mol. The van der Waals surface area contributed by atoms with Crippen LogP contribution in [-0.2, 0) is 6.61 Å². The number of benzene rings is 2. The number of aliphatic hydroxyl groups excluding tert-OH is 1. The molecule has 4 aromatic rings. The number of rotatable bonds is 7. The predicted octanol–water partition coefficient (Wildman–Crippen LogP) is 4.00. The molecule has 2 aromatic carbocycles. The molecule has 0 aliphatic rings. The van der Waals surface area contributed by atoms with Crippen LogP contribution >= 0.6 is 11.3 Å². The van der Waals surface area contributed by atoms with Gasteiger partial charge in [0.05, 0.1) is 30.0 Å². The number of nitrogens with zero attached hydrogens (tertiary/aromatic N) is 1. The quantitative estimate of drug-likeness (QED) is 0.293. The maximum atomic E-state index is 12.7. The number of hydrogen-bond donors (Lipinski definition) is 3. The van der Waals surface area contributed by atoms with Crippen molar-refractivity contribution in [1.29, 1.82) is 0 Å². The highest BCUT2D eigenvalue weighted by atomic mass is 32.1. The highest BCUT2D eigenvalue weighted by molar-refractivity contribution is 7.13. The highest BCUT2D eigenvalue weighted by Crippen LogP contribution is 2.32. The Bertz CT molecular complexity index is 1320. The first-order chi connectivity index (χ1) is 15.5. The van der Waals surface area contributed by atoms with Crippen LogP contribution in [0, 0.1) is 0 Å². The summed E-state index contributed by atoms with van der Waals surface area (Å²) in [5.41, 5.74) is 2.30. The van der Waals surface area contributed by atoms with Crippen molar-refractivity contribution in [3.63, 3.8) is 0 Å². The monoisotopic (exact) mass is 448 g/mol. The average Bonchev–Trinajstić information content (AvgIpc) is 3.48. The number of allylic oxidation sites excluding steroid dienone is 1. The zero-order valence-electron chi connectivity index (χ0n) is 17.1. The molecule has 0 bridgehead atoms. The smallest absolute Gasteiger partial charge is 0.330 e. The van der Waals surface area contributed by atoms with E-state index in [1.165, 1.54) is 29.1 Å². The summed E-state index contributed by atoms with van der Waals surface area (Å²) in [6.07, 6.45) is 4.68. The van der Waals surface area contributed by atoms with Crippen LogP contribution in [0.4, 0.5) is 0 Å².